The molecule has 0 fully saturated rings. The van der Waals surface area contributed by atoms with Gasteiger partial charge in [0.25, 0.3) is 0 Å². The summed E-state index contributed by atoms with van der Waals surface area (Å²) in [6, 6.07) is 14.0. The summed E-state index contributed by atoms with van der Waals surface area (Å²) in [4.78, 5) is 11.8. The van der Waals surface area contributed by atoms with Crippen LogP contribution in [-0.2, 0) is 4.79 Å². The number of carbonyl (C=O) groups excluding carboxylic acids is 1. The fraction of sp³-hybridized carbons (Fsp3) is 0.316. The molecule has 122 valence electrons. The van der Waals surface area contributed by atoms with Crippen molar-refractivity contribution in [1.29, 1.82) is 0 Å². The fourth-order valence-corrected chi connectivity index (χ4v) is 2.84. The average Bonchev–Trinajstić information content (AvgIpc) is 2.48. The molecular weight excluding hydrogens is 306 g/mol. The molecule has 0 saturated heterocycles. The zero-order valence-electron chi connectivity index (χ0n) is 13.9. The van der Waals surface area contributed by atoms with Crippen LogP contribution in [0.1, 0.15) is 16.7 Å². The minimum Gasteiger partial charge on any atom is -0.493 e. The third-order valence-corrected chi connectivity index (χ3v) is 4.18. The predicted molar refractivity (Wildman–Crippen MR) is 98.5 cm³/mol. The molecule has 0 spiro atoms. The number of hydrogen-bond acceptors (Lipinski definition) is 3. The van der Waals surface area contributed by atoms with E-state index in [9.17, 15) is 4.79 Å². The van der Waals surface area contributed by atoms with Gasteiger partial charge in [-0.25, -0.2) is 0 Å². The van der Waals surface area contributed by atoms with Crippen LogP contribution in [-0.4, -0.2) is 24.0 Å². The highest BCUT2D eigenvalue weighted by Gasteiger charge is 2.03. The zero-order valence-corrected chi connectivity index (χ0v) is 14.7. The summed E-state index contributed by atoms with van der Waals surface area (Å²) in [5.74, 6) is 2.13. The van der Waals surface area contributed by atoms with Crippen LogP contribution in [0.3, 0.4) is 0 Å². The molecule has 0 heterocycles. The number of rotatable bonds is 7. The first-order valence-electron chi connectivity index (χ1n) is 7.68. The Morgan fingerprint density at radius 3 is 2.30 bits per heavy atom. The van der Waals surface area contributed by atoms with Crippen molar-refractivity contribution in [2.24, 2.45) is 0 Å². The lowest BCUT2D eigenvalue weighted by Gasteiger charge is -2.08. The molecule has 1 N–H and O–H groups in total. The lowest BCUT2D eigenvalue weighted by atomic mass is 10.1. The lowest BCUT2D eigenvalue weighted by molar-refractivity contribution is -0.113. The largest absolute Gasteiger partial charge is 0.493 e. The van der Waals surface area contributed by atoms with Crippen molar-refractivity contribution in [2.45, 2.75) is 20.8 Å². The molecular formula is C19H23NO2S. The van der Waals surface area contributed by atoms with Crippen LogP contribution in [0, 0.1) is 20.8 Å². The molecule has 0 bridgehead atoms. The van der Waals surface area contributed by atoms with Gasteiger partial charge in [0.15, 0.2) is 0 Å². The molecule has 2 aromatic carbocycles. The Balaban J connectivity index is 1.65. The molecule has 23 heavy (non-hydrogen) atoms. The minimum atomic E-state index is 0.0188. The lowest BCUT2D eigenvalue weighted by Crippen LogP contribution is -2.15. The smallest absolute Gasteiger partial charge is 0.234 e. The van der Waals surface area contributed by atoms with E-state index >= 15 is 0 Å². The van der Waals surface area contributed by atoms with E-state index in [4.69, 9.17) is 4.74 Å². The van der Waals surface area contributed by atoms with Gasteiger partial charge >= 0.3 is 0 Å². The van der Waals surface area contributed by atoms with Crippen molar-refractivity contribution in [3.05, 3.63) is 59.2 Å². The van der Waals surface area contributed by atoms with Crippen molar-refractivity contribution in [1.82, 2.24) is 0 Å². The molecule has 0 aliphatic carbocycles. The van der Waals surface area contributed by atoms with Crippen LogP contribution in [0.25, 0.3) is 0 Å². The number of amides is 1. The Morgan fingerprint density at radius 1 is 1.00 bits per heavy atom. The Labute approximate surface area is 142 Å². The van der Waals surface area contributed by atoms with E-state index in [1.54, 1.807) is 11.8 Å². The second-order valence-corrected chi connectivity index (χ2v) is 6.74. The maximum absolute atomic E-state index is 11.8. The summed E-state index contributed by atoms with van der Waals surface area (Å²) in [6.45, 7) is 6.75. The first-order valence-corrected chi connectivity index (χ1v) is 8.84. The summed E-state index contributed by atoms with van der Waals surface area (Å²) in [7, 11) is 0. The summed E-state index contributed by atoms with van der Waals surface area (Å²) < 4.78 is 5.73. The topological polar surface area (TPSA) is 38.3 Å². The first kappa shape index (κ1) is 17.4. The van der Waals surface area contributed by atoms with Crippen LogP contribution < -0.4 is 10.1 Å². The van der Waals surface area contributed by atoms with Crippen LogP contribution in [0.15, 0.2) is 42.5 Å². The Kier molecular flexibility index (Phi) is 6.53. The van der Waals surface area contributed by atoms with Gasteiger partial charge in [0, 0.05) is 11.4 Å². The van der Waals surface area contributed by atoms with Gasteiger partial charge in [0.1, 0.15) is 5.75 Å². The van der Waals surface area contributed by atoms with Gasteiger partial charge in [-0.3, -0.25) is 4.79 Å². The van der Waals surface area contributed by atoms with Gasteiger partial charge < -0.3 is 10.1 Å². The van der Waals surface area contributed by atoms with Gasteiger partial charge in [-0.05, 0) is 56.2 Å². The molecule has 0 aromatic heterocycles. The van der Waals surface area contributed by atoms with Crippen molar-refractivity contribution < 1.29 is 9.53 Å². The number of nitrogens with one attached hydrogen (secondary N) is 1. The first-order chi connectivity index (χ1) is 11.0. The molecule has 1 amide bonds. The van der Waals surface area contributed by atoms with Gasteiger partial charge in [-0.2, -0.15) is 0 Å². The Morgan fingerprint density at radius 2 is 1.65 bits per heavy atom. The summed E-state index contributed by atoms with van der Waals surface area (Å²) >= 11 is 1.57. The number of anilines is 1. The van der Waals surface area contributed by atoms with Gasteiger partial charge in [-0.1, -0.05) is 23.8 Å². The van der Waals surface area contributed by atoms with E-state index in [0.29, 0.717) is 12.4 Å². The van der Waals surface area contributed by atoms with Crippen LogP contribution in [0.2, 0.25) is 0 Å². The van der Waals surface area contributed by atoms with Crippen molar-refractivity contribution in [2.75, 3.05) is 23.4 Å². The van der Waals surface area contributed by atoms with E-state index in [2.05, 4.69) is 25.2 Å². The van der Waals surface area contributed by atoms with E-state index in [0.717, 1.165) is 17.2 Å². The van der Waals surface area contributed by atoms with Gasteiger partial charge in [0.2, 0.25) is 5.91 Å². The van der Waals surface area contributed by atoms with Crippen molar-refractivity contribution in [3.8, 4) is 5.75 Å². The average molecular weight is 329 g/mol. The quantitative estimate of drug-likeness (QED) is 0.767. The van der Waals surface area contributed by atoms with E-state index in [-0.39, 0.29) is 5.91 Å². The van der Waals surface area contributed by atoms with Crippen LogP contribution >= 0.6 is 11.8 Å². The summed E-state index contributed by atoms with van der Waals surface area (Å²) in [5.41, 5.74) is 4.42. The molecule has 0 radical (unpaired) electrons. The van der Waals surface area contributed by atoms with Crippen LogP contribution in [0.5, 0.6) is 5.75 Å². The monoisotopic (exact) mass is 329 g/mol. The fourth-order valence-electron chi connectivity index (χ4n) is 2.23. The normalized spacial score (nSPS) is 10.4. The van der Waals surface area contributed by atoms with E-state index in [1.807, 2.05) is 43.3 Å². The standard InChI is InChI=1S/C19H23NO2S/c1-14-4-6-17(7-5-14)20-19(21)13-23-9-8-22-18-11-15(2)10-16(3)12-18/h4-7,10-12H,8-9,13H2,1-3H3,(H,20,21). The third kappa shape index (κ3) is 6.37. The molecule has 0 aliphatic heterocycles. The van der Waals surface area contributed by atoms with Crippen LogP contribution in [0.4, 0.5) is 5.69 Å². The Hall–Kier alpha value is -1.94. The number of benzene rings is 2. The molecule has 0 aliphatic rings. The molecule has 2 aromatic rings. The van der Waals surface area contributed by atoms with Gasteiger partial charge in [-0.15, -0.1) is 11.8 Å². The maximum atomic E-state index is 11.8. The summed E-state index contributed by atoms with van der Waals surface area (Å²) in [6.07, 6.45) is 0. The number of ether oxygens (including phenoxy) is 1. The number of carbonyl (C=O) groups is 1. The number of hydrogen-bond donors (Lipinski definition) is 1. The maximum Gasteiger partial charge on any atom is 0.234 e. The molecule has 3 nitrogen and oxygen atoms in total. The van der Waals surface area contributed by atoms with E-state index in [1.165, 1.54) is 16.7 Å². The molecule has 0 atom stereocenters. The molecule has 0 unspecified atom stereocenters. The second-order valence-electron chi connectivity index (χ2n) is 5.64. The van der Waals surface area contributed by atoms with Crippen molar-refractivity contribution >= 4 is 23.4 Å². The Bertz CT molecular complexity index is 633. The third-order valence-electron chi connectivity index (χ3n) is 3.26. The highest BCUT2D eigenvalue weighted by molar-refractivity contribution is 7.99. The predicted octanol–water partition coefficient (Wildman–Crippen LogP) is 4.36. The zero-order chi connectivity index (χ0) is 16.7. The molecule has 2 rings (SSSR count). The molecule has 4 heteroatoms. The van der Waals surface area contributed by atoms with E-state index < -0.39 is 0 Å². The van der Waals surface area contributed by atoms with Crippen molar-refractivity contribution in [3.63, 3.8) is 0 Å². The highest BCUT2D eigenvalue weighted by atomic mass is 32.2. The molecule has 0 saturated carbocycles. The number of aryl methyl sites for hydroxylation is 3. The summed E-state index contributed by atoms with van der Waals surface area (Å²) in [5, 5.41) is 2.89. The highest BCUT2D eigenvalue weighted by Crippen LogP contribution is 2.16. The SMILES string of the molecule is Cc1ccc(NC(=O)CSCCOc2cc(C)cc(C)c2)cc1. The second kappa shape index (κ2) is 8.63. The minimum absolute atomic E-state index is 0.0188. The van der Waals surface area contributed by atoms with Gasteiger partial charge in [0.05, 0.1) is 12.4 Å². The number of thioether (sulfide) groups is 1.